The highest BCUT2D eigenvalue weighted by Crippen LogP contribution is 2.27. The summed E-state index contributed by atoms with van der Waals surface area (Å²) in [6, 6.07) is 13.5. The SMILES string of the molecule is C#Cc1ccc(-c2nnc(NC(=O)CSc3nnc(-c4ccc(F)cc4)n3CC)s2)cc1. The number of terminal acetylenes is 1. The number of amides is 1. The van der Waals surface area contributed by atoms with E-state index in [1.54, 1.807) is 12.1 Å². The van der Waals surface area contributed by atoms with Gasteiger partial charge in [0, 0.05) is 23.2 Å². The summed E-state index contributed by atoms with van der Waals surface area (Å²) in [5, 5.41) is 21.0. The van der Waals surface area contributed by atoms with Crippen LogP contribution in [0.4, 0.5) is 9.52 Å². The highest BCUT2D eigenvalue weighted by molar-refractivity contribution is 7.99. The van der Waals surface area contributed by atoms with Gasteiger partial charge < -0.3 is 4.57 Å². The van der Waals surface area contributed by atoms with Gasteiger partial charge in [-0.1, -0.05) is 41.2 Å². The van der Waals surface area contributed by atoms with Crippen molar-refractivity contribution >= 4 is 34.1 Å². The normalized spacial score (nSPS) is 10.7. The first-order valence-electron chi connectivity index (χ1n) is 9.59. The fourth-order valence-electron chi connectivity index (χ4n) is 2.88. The zero-order chi connectivity index (χ0) is 22.5. The van der Waals surface area contributed by atoms with Crippen LogP contribution in [-0.2, 0) is 11.3 Å². The van der Waals surface area contributed by atoms with E-state index in [2.05, 4.69) is 31.6 Å². The molecule has 0 saturated heterocycles. The zero-order valence-corrected chi connectivity index (χ0v) is 18.6. The predicted molar refractivity (Wildman–Crippen MR) is 124 cm³/mol. The van der Waals surface area contributed by atoms with Crippen molar-refractivity contribution in [3.8, 4) is 34.3 Å². The second-order valence-electron chi connectivity index (χ2n) is 6.53. The van der Waals surface area contributed by atoms with Crippen molar-refractivity contribution in [2.75, 3.05) is 11.1 Å². The molecule has 2 aromatic heterocycles. The molecule has 0 unspecified atom stereocenters. The number of halogens is 1. The number of nitrogens with zero attached hydrogens (tertiary/aromatic N) is 5. The number of benzene rings is 2. The van der Waals surface area contributed by atoms with E-state index in [-0.39, 0.29) is 17.5 Å². The van der Waals surface area contributed by atoms with Gasteiger partial charge in [-0.2, -0.15) is 0 Å². The van der Waals surface area contributed by atoms with Gasteiger partial charge in [-0.3, -0.25) is 10.1 Å². The maximum atomic E-state index is 13.2. The molecule has 0 bridgehead atoms. The highest BCUT2D eigenvalue weighted by Gasteiger charge is 2.16. The number of thioether (sulfide) groups is 1. The quantitative estimate of drug-likeness (QED) is 0.324. The smallest absolute Gasteiger partial charge is 0.236 e. The van der Waals surface area contributed by atoms with Crippen molar-refractivity contribution in [3.63, 3.8) is 0 Å². The van der Waals surface area contributed by atoms with E-state index in [4.69, 9.17) is 6.42 Å². The van der Waals surface area contributed by atoms with E-state index < -0.39 is 0 Å². The summed E-state index contributed by atoms with van der Waals surface area (Å²) < 4.78 is 15.1. The second kappa shape index (κ2) is 9.72. The molecule has 4 rings (SSSR count). The average molecular weight is 465 g/mol. The van der Waals surface area contributed by atoms with Crippen LogP contribution in [0.5, 0.6) is 0 Å². The molecule has 0 saturated carbocycles. The highest BCUT2D eigenvalue weighted by atomic mass is 32.2. The molecule has 0 spiro atoms. The third kappa shape index (κ3) is 4.85. The van der Waals surface area contributed by atoms with Crippen molar-refractivity contribution in [3.05, 3.63) is 59.9 Å². The molecule has 0 aliphatic carbocycles. The minimum Gasteiger partial charge on any atom is -0.302 e. The lowest BCUT2D eigenvalue weighted by Gasteiger charge is -2.07. The number of anilines is 1. The molecule has 4 aromatic rings. The molecule has 0 aliphatic heterocycles. The lowest BCUT2D eigenvalue weighted by molar-refractivity contribution is -0.113. The van der Waals surface area contributed by atoms with E-state index >= 15 is 0 Å². The summed E-state index contributed by atoms with van der Waals surface area (Å²) in [4.78, 5) is 12.4. The lowest BCUT2D eigenvalue weighted by atomic mass is 10.1. The molecular formula is C22H17FN6OS2. The Labute approximate surface area is 192 Å². The van der Waals surface area contributed by atoms with Gasteiger partial charge in [0.15, 0.2) is 11.0 Å². The Morgan fingerprint density at radius 1 is 1.09 bits per heavy atom. The summed E-state index contributed by atoms with van der Waals surface area (Å²) in [7, 11) is 0. The van der Waals surface area contributed by atoms with Crippen LogP contribution in [0.2, 0.25) is 0 Å². The van der Waals surface area contributed by atoms with E-state index in [9.17, 15) is 9.18 Å². The summed E-state index contributed by atoms with van der Waals surface area (Å²) in [6.07, 6.45) is 5.37. The topological polar surface area (TPSA) is 85.6 Å². The Morgan fingerprint density at radius 2 is 1.81 bits per heavy atom. The molecule has 0 fully saturated rings. The van der Waals surface area contributed by atoms with E-state index in [1.807, 2.05) is 35.8 Å². The molecule has 7 nitrogen and oxygen atoms in total. The minimum atomic E-state index is -0.313. The van der Waals surface area contributed by atoms with Crippen molar-refractivity contribution in [1.29, 1.82) is 0 Å². The largest absolute Gasteiger partial charge is 0.302 e. The van der Waals surface area contributed by atoms with Gasteiger partial charge in [0.05, 0.1) is 5.75 Å². The minimum absolute atomic E-state index is 0.132. The first-order valence-corrected chi connectivity index (χ1v) is 11.4. The van der Waals surface area contributed by atoms with Crippen molar-refractivity contribution in [2.45, 2.75) is 18.6 Å². The number of aromatic nitrogens is 5. The van der Waals surface area contributed by atoms with Gasteiger partial charge >= 0.3 is 0 Å². The van der Waals surface area contributed by atoms with E-state index in [0.29, 0.717) is 27.7 Å². The fraction of sp³-hybridized carbons (Fsp3) is 0.136. The Hall–Kier alpha value is -3.55. The standard InChI is InChI=1S/C22H17FN6OS2/c1-3-14-5-7-16(8-6-14)20-26-27-21(32-20)24-18(30)13-31-22-28-25-19(29(22)4-2)15-9-11-17(23)12-10-15/h1,5-12H,4,13H2,2H3,(H,24,27,30). The molecule has 32 heavy (non-hydrogen) atoms. The maximum absolute atomic E-state index is 13.2. The fourth-order valence-corrected chi connectivity index (χ4v) is 4.45. The van der Waals surface area contributed by atoms with Crippen LogP contribution < -0.4 is 5.32 Å². The molecule has 0 aliphatic rings. The van der Waals surface area contributed by atoms with Gasteiger partial charge in [0.25, 0.3) is 0 Å². The number of rotatable bonds is 7. The molecule has 1 amide bonds. The number of carbonyl (C=O) groups is 1. The van der Waals surface area contributed by atoms with Gasteiger partial charge in [-0.15, -0.1) is 26.8 Å². The molecule has 10 heteroatoms. The Kier molecular flexibility index (Phi) is 6.58. The van der Waals surface area contributed by atoms with Crippen LogP contribution in [-0.4, -0.2) is 36.6 Å². The molecule has 0 atom stereocenters. The van der Waals surface area contributed by atoms with E-state index in [1.165, 1.54) is 35.2 Å². The van der Waals surface area contributed by atoms with Gasteiger partial charge in [-0.05, 0) is 43.3 Å². The maximum Gasteiger partial charge on any atom is 0.236 e. The predicted octanol–water partition coefficient (Wildman–Crippen LogP) is 4.33. The molecule has 160 valence electrons. The van der Waals surface area contributed by atoms with Crippen LogP contribution >= 0.6 is 23.1 Å². The van der Waals surface area contributed by atoms with Crippen molar-refractivity contribution < 1.29 is 9.18 Å². The number of carbonyl (C=O) groups excluding carboxylic acids is 1. The summed E-state index contributed by atoms with van der Waals surface area (Å²) >= 11 is 2.55. The molecule has 0 radical (unpaired) electrons. The number of hydrogen-bond acceptors (Lipinski definition) is 7. The third-order valence-electron chi connectivity index (χ3n) is 4.44. The van der Waals surface area contributed by atoms with Gasteiger partial charge in [-0.25, -0.2) is 4.39 Å². The molecule has 1 N–H and O–H groups in total. The van der Waals surface area contributed by atoms with Gasteiger partial charge in [0.1, 0.15) is 10.8 Å². The van der Waals surface area contributed by atoms with Crippen molar-refractivity contribution in [2.24, 2.45) is 0 Å². The van der Waals surface area contributed by atoms with Crippen LogP contribution in [0.1, 0.15) is 12.5 Å². The second-order valence-corrected chi connectivity index (χ2v) is 8.45. The Bertz CT molecular complexity index is 1280. The molecular weight excluding hydrogens is 447 g/mol. The number of nitrogens with one attached hydrogen (secondary N) is 1. The third-order valence-corrected chi connectivity index (χ3v) is 6.29. The van der Waals surface area contributed by atoms with Gasteiger partial charge in [0.2, 0.25) is 11.0 Å². The van der Waals surface area contributed by atoms with Crippen LogP contribution in [0.25, 0.3) is 22.0 Å². The Balaban J connectivity index is 1.39. The zero-order valence-electron chi connectivity index (χ0n) is 16.9. The average Bonchev–Trinajstić information content (AvgIpc) is 3.45. The number of hydrogen-bond donors (Lipinski definition) is 1. The van der Waals surface area contributed by atoms with E-state index in [0.717, 1.165) is 16.7 Å². The summed E-state index contributed by atoms with van der Waals surface area (Å²) in [5.41, 5.74) is 2.42. The first kappa shape index (κ1) is 21.7. The molecule has 2 aromatic carbocycles. The first-order chi connectivity index (χ1) is 15.6. The van der Waals surface area contributed by atoms with Crippen LogP contribution in [0.3, 0.4) is 0 Å². The Morgan fingerprint density at radius 3 is 2.50 bits per heavy atom. The lowest BCUT2D eigenvalue weighted by Crippen LogP contribution is -2.14. The summed E-state index contributed by atoms with van der Waals surface area (Å²) in [5.74, 6) is 2.78. The van der Waals surface area contributed by atoms with Crippen molar-refractivity contribution in [1.82, 2.24) is 25.0 Å². The summed E-state index contributed by atoms with van der Waals surface area (Å²) in [6.45, 7) is 2.57. The monoisotopic (exact) mass is 464 g/mol. The van der Waals surface area contributed by atoms with Crippen LogP contribution in [0, 0.1) is 18.2 Å². The molecule has 2 heterocycles. The van der Waals surface area contributed by atoms with Crippen LogP contribution in [0.15, 0.2) is 53.7 Å².